The van der Waals surface area contributed by atoms with E-state index in [1.165, 1.54) is 36.0 Å². The van der Waals surface area contributed by atoms with Crippen molar-refractivity contribution in [1.29, 1.82) is 0 Å². The Morgan fingerprint density at radius 2 is 1.96 bits per heavy atom. The molecule has 152 valence electrons. The Hall–Kier alpha value is -1.47. The molecule has 1 aromatic carbocycles. The summed E-state index contributed by atoms with van der Waals surface area (Å²) in [5.74, 6) is 0.303. The van der Waals surface area contributed by atoms with Crippen molar-refractivity contribution in [3.63, 3.8) is 0 Å². The zero-order chi connectivity index (χ0) is 18.9. The molecule has 0 spiro atoms. The zero-order valence-electron chi connectivity index (χ0n) is 16.7. The van der Waals surface area contributed by atoms with Gasteiger partial charge in [0, 0.05) is 51.9 Å². The largest absolute Gasteiger partial charge is 0.358 e. The number of rotatable bonds is 4. The van der Waals surface area contributed by atoms with Crippen LogP contribution in [0.15, 0.2) is 18.2 Å². The first kappa shape index (κ1) is 18.6. The summed E-state index contributed by atoms with van der Waals surface area (Å²) >= 11 is 0. The van der Waals surface area contributed by atoms with Gasteiger partial charge in [-0.05, 0) is 36.0 Å². The number of nitrogens with zero attached hydrogens (tertiary/aromatic N) is 3. The Bertz CT molecular complexity index is 706. The van der Waals surface area contributed by atoms with Crippen LogP contribution in [0, 0.1) is 0 Å². The molecule has 0 radical (unpaired) electrons. The zero-order valence-corrected chi connectivity index (χ0v) is 16.7. The van der Waals surface area contributed by atoms with E-state index in [0.717, 1.165) is 64.9 Å². The first-order valence-electron chi connectivity index (χ1n) is 11.0. The number of carbonyl (C=O) groups excluding carboxylic acids is 1. The van der Waals surface area contributed by atoms with Crippen LogP contribution in [0.3, 0.4) is 0 Å². The van der Waals surface area contributed by atoms with Gasteiger partial charge in [-0.2, -0.15) is 0 Å². The van der Waals surface area contributed by atoms with E-state index in [0.29, 0.717) is 12.5 Å². The van der Waals surface area contributed by atoms with Crippen molar-refractivity contribution in [3.05, 3.63) is 34.9 Å². The minimum absolute atomic E-state index is 0.0449. The van der Waals surface area contributed by atoms with Crippen molar-refractivity contribution in [2.24, 2.45) is 0 Å². The minimum atomic E-state index is 0.0449. The highest BCUT2D eigenvalue weighted by molar-refractivity contribution is 5.78. The highest BCUT2D eigenvalue weighted by Gasteiger charge is 2.30. The molecule has 28 heavy (non-hydrogen) atoms. The van der Waals surface area contributed by atoms with Crippen LogP contribution in [0.5, 0.6) is 0 Å². The molecule has 0 aromatic heterocycles. The van der Waals surface area contributed by atoms with Gasteiger partial charge >= 0.3 is 0 Å². The van der Waals surface area contributed by atoms with Gasteiger partial charge in [0.25, 0.3) is 0 Å². The standard InChI is InChI=1S/C22H32N4O2/c27-21(26-11-9-25(10-12-26)20-2-1-3-20)16-24-8-6-17-14-18(4-5-19(17)15-24)22-23-7-13-28-22/h4-5,14,20,22-23H,1-3,6-13,15-16H2. The normalized spacial score (nSPS) is 26.9. The Morgan fingerprint density at radius 3 is 2.68 bits per heavy atom. The molecule has 3 aliphatic heterocycles. The number of hydrogen-bond acceptors (Lipinski definition) is 5. The predicted octanol–water partition coefficient (Wildman–Crippen LogP) is 1.36. The number of carbonyl (C=O) groups is 1. The van der Waals surface area contributed by atoms with Crippen molar-refractivity contribution in [1.82, 2.24) is 20.0 Å². The summed E-state index contributed by atoms with van der Waals surface area (Å²) in [4.78, 5) is 19.8. The summed E-state index contributed by atoms with van der Waals surface area (Å²) in [6.45, 7) is 8.01. The van der Waals surface area contributed by atoms with Crippen LogP contribution in [-0.4, -0.2) is 79.1 Å². The second-order valence-electron chi connectivity index (χ2n) is 8.70. The minimum Gasteiger partial charge on any atom is -0.358 e. The van der Waals surface area contributed by atoms with E-state index in [4.69, 9.17) is 4.74 Å². The van der Waals surface area contributed by atoms with Gasteiger partial charge in [0.1, 0.15) is 6.23 Å². The lowest BCUT2D eigenvalue weighted by Gasteiger charge is -2.43. The van der Waals surface area contributed by atoms with Crippen molar-refractivity contribution >= 4 is 5.91 Å². The van der Waals surface area contributed by atoms with Crippen LogP contribution in [0.2, 0.25) is 0 Å². The van der Waals surface area contributed by atoms with Gasteiger partial charge in [-0.3, -0.25) is 19.9 Å². The number of ether oxygens (including phenoxy) is 1. The summed E-state index contributed by atoms with van der Waals surface area (Å²) in [6.07, 6.45) is 5.14. The maximum Gasteiger partial charge on any atom is 0.236 e. The SMILES string of the molecule is O=C(CN1CCc2cc(C3NCCO3)ccc2C1)N1CCN(C2CCC2)CC1. The van der Waals surface area contributed by atoms with E-state index in [1.54, 1.807) is 0 Å². The third kappa shape index (κ3) is 3.83. The topological polar surface area (TPSA) is 48.1 Å². The quantitative estimate of drug-likeness (QED) is 0.850. The van der Waals surface area contributed by atoms with Crippen LogP contribution in [0.25, 0.3) is 0 Å². The number of fused-ring (bicyclic) bond motifs is 1. The van der Waals surface area contributed by atoms with Gasteiger partial charge in [-0.15, -0.1) is 0 Å². The molecule has 1 aromatic rings. The second-order valence-corrected chi connectivity index (χ2v) is 8.70. The van der Waals surface area contributed by atoms with Crippen molar-refractivity contribution in [3.8, 4) is 0 Å². The molecule has 1 amide bonds. The molecule has 2 saturated heterocycles. The number of piperazine rings is 1. The first-order valence-corrected chi connectivity index (χ1v) is 11.0. The highest BCUT2D eigenvalue weighted by Crippen LogP contribution is 2.27. The molecule has 3 fully saturated rings. The van der Waals surface area contributed by atoms with Crippen LogP contribution >= 0.6 is 0 Å². The molecule has 4 aliphatic rings. The fourth-order valence-electron chi connectivity index (χ4n) is 4.95. The number of hydrogen-bond donors (Lipinski definition) is 1. The Morgan fingerprint density at radius 1 is 1.11 bits per heavy atom. The van der Waals surface area contributed by atoms with E-state index in [9.17, 15) is 4.79 Å². The van der Waals surface area contributed by atoms with Gasteiger partial charge in [-0.1, -0.05) is 24.6 Å². The average Bonchev–Trinajstić information content (AvgIpc) is 3.21. The van der Waals surface area contributed by atoms with Crippen LogP contribution < -0.4 is 5.32 Å². The molecule has 5 rings (SSSR count). The van der Waals surface area contributed by atoms with Crippen molar-refractivity contribution in [2.45, 2.75) is 44.5 Å². The molecule has 1 aliphatic carbocycles. The van der Waals surface area contributed by atoms with Gasteiger partial charge in [0.05, 0.1) is 13.2 Å². The summed E-state index contributed by atoms with van der Waals surface area (Å²) in [7, 11) is 0. The lowest BCUT2D eigenvalue weighted by atomic mass is 9.91. The molecule has 1 unspecified atom stereocenters. The maximum absolute atomic E-state index is 12.8. The second kappa shape index (κ2) is 8.11. The number of benzene rings is 1. The highest BCUT2D eigenvalue weighted by atomic mass is 16.5. The molecule has 1 atom stereocenters. The third-order valence-electron chi connectivity index (χ3n) is 6.96. The predicted molar refractivity (Wildman–Crippen MR) is 108 cm³/mol. The fourth-order valence-corrected chi connectivity index (χ4v) is 4.95. The van der Waals surface area contributed by atoms with Gasteiger partial charge in [-0.25, -0.2) is 0 Å². The Kier molecular flexibility index (Phi) is 5.37. The molecule has 6 nitrogen and oxygen atoms in total. The lowest BCUT2D eigenvalue weighted by molar-refractivity contribution is -0.135. The summed E-state index contributed by atoms with van der Waals surface area (Å²) in [6, 6.07) is 7.48. The number of amides is 1. The van der Waals surface area contributed by atoms with E-state index >= 15 is 0 Å². The molecule has 3 heterocycles. The fraction of sp³-hybridized carbons (Fsp3) is 0.682. The Balaban J connectivity index is 1.14. The van der Waals surface area contributed by atoms with Crippen molar-refractivity contribution < 1.29 is 9.53 Å². The third-order valence-corrected chi connectivity index (χ3v) is 6.96. The van der Waals surface area contributed by atoms with Gasteiger partial charge in [0.2, 0.25) is 5.91 Å². The van der Waals surface area contributed by atoms with Crippen LogP contribution in [0.4, 0.5) is 0 Å². The Labute approximate surface area is 167 Å². The summed E-state index contributed by atoms with van der Waals surface area (Å²) < 4.78 is 5.73. The van der Waals surface area contributed by atoms with E-state index in [-0.39, 0.29) is 6.23 Å². The average molecular weight is 385 g/mol. The van der Waals surface area contributed by atoms with E-state index < -0.39 is 0 Å². The molecular weight excluding hydrogens is 352 g/mol. The summed E-state index contributed by atoms with van der Waals surface area (Å²) in [5.41, 5.74) is 3.99. The maximum atomic E-state index is 12.8. The molecular formula is C22H32N4O2. The molecule has 1 N–H and O–H groups in total. The molecule has 6 heteroatoms. The monoisotopic (exact) mass is 384 g/mol. The van der Waals surface area contributed by atoms with Crippen molar-refractivity contribution in [2.75, 3.05) is 52.4 Å². The van der Waals surface area contributed by atoms with Gasteiger partial charge < -0.3 is 9.64 Å². The van der Waals surface area contributed by atoms with E-state index in [1.807, 2.05) is 0 Å². The van der Waals surface area contributed by atoms with E-state index in [2.05, 4.69) is 38.2 Å². The first-order chi connectivity index (χ1) is 13.8. The number of nitrogens with one attached hydrogen (secondary N) is 1. The van der Waals surface area contributed by atoms with Crippen LogP contribution in [-0.2, 0) is 22.5 Å². The van der Waals surface area contributed by atoms with Crippen LogP contribution in [0.1, 0.15) is 42.2 Å². The summed E-state index contributed by atoms with van der Waals surface area (Å²) in [5, 5.41) is 3.38. The smallest absolute Gasteiger partial charge is 0.236 e. The lowest BCUT2D eigenvalue weighted by Crippen LogP contribution is -2.55. The molecule has 1 saturated carbocycles. The molecule has 0 bridgehead atoms. The van der Waals surface area contributed by atoms with Gasteiger partial charge in [0.15, 0.2) is 0 Å².